The third-order valence-corrected chi connectivity index (χ3v) is 6.87. The number of nitrogens with zero attached hydrogens (tertiary/aromatic N) is 1. The van der Waals surface area contributed by atoms with Crippen LogP contribution in [0, 0.1) is 0 Å². The first-order valence-corrected chi connectivity index (χ1v) is 12.0. The van der Waals surface area contributed by atoms with Gasteiger partial charge in [0.15, 0.2) is 0 Å². The van der Waals surface area contributed by atoms with Gasteiger partial charge in [-0.05, 0) is 76.0 Å². The molecule has 0 spiro atoms. The van der Waals surface area contributed by atoms with E-state index in [-0.39, 0.29) is 0 Å². The minimum absolute atomic E-state index is 0.874. The van der Waals surface area contributed by atoms with Crippen LogP contribution in [-0.4, -0.2) is 37.7 Å². The second-order valence-corrected chi connectivity index (χ2v) is 8.92. The molecule has 0 N–H and O–H groups in total. The minimum Gasteiger partial charge on any atom is -0.379 e. The fourth-order valence-corrected chi connectivity index (χ4v) is 5.22. The molecule has 1 heterocycles. The summed E-state index contributed by atoms with van der Waals surface area (Å²) >= 11 is 0. The highest BCUT2D eigenvalue weighted by Gasteiger charge is 2.22. The van der Waals surface area contributed by atoms with E-state index in [2.05, 4.69) is 72.5 Å². The van der Waals surface area contributed by atoms with Gasteiger partial charge in [0.2, 0.25) is 0 Å². The number of rotatable bonds is 6. The van der Waals surface area contributed by atoms with Crippen molar-refractivity contribution >= 4 is 16.8 Å². The van der Waals surface area contributed by atoms with E-state index in [0.717, 1.165) is 58.5 Å². The normalized spacial score (nSPS) is 20.5. The van der Waals surface area contributed by atoms with E-state index in [1.165, 1.54) is 45.0 Å². The van der Waals surface area contributed by atoms with Gasteiger partial charge in [0.1, 0.15) is 0 Å². The van der Waals surface area contributed by atoms with Crippen molar-refractivity contribution in [2.24, 2.45) is 0 Å². The Kier molecular flexibility index (Phi) is 6.20. The summed E-state index contributed by atoms with van der Waals surface area (Å²) in [6.45, 7) is 7.26. The van der Waals surface area contributed by atoms with Crippen LogP contribution in [0.3, 0.4) is 0 Å². The standard InChI is InChI=1S/C29H33NO/c1-2-7-22-12-13-23(27-9-4-3-8-26(22)27)20-25-21-24(28-10-5-6-11-29(25)28)14-15-30-16-18-31-19-17-30/h3-5,8-10,12-13,20-21H,2,6-7,11,14-19H2,1H3/b25-20+. The number of aryl methyl sites for hydroxylation is 1. The minimum atomic E-state index is 0.874. The fourth-order valence-electron chi connectivity index (χ4n) is 5.22. The first-order valence-electron chi connectivity index (χ1n) is 12.0. The molecule has 2 nitrogen and oxygen atoms in total. The number of benzene rings is 2. The van der Waals surface area contributed by atoms with E-state index < -0.39 is 0 Å². The molecular formula is C29H33NO. The van der Waals surface area contributed by atoms with Gasteiger partial charge in [0.25, 0.3) is 0 Å². The van der Waals surface area contributed by atoms with Gasteiger partial charge in [-0.25, -0.2) is 0 Å². The summed E-state index contributed by atoms with van der Waals surface area (Å²) < 4.78 is 5.51. The van der Waals surface area contributed by atoms with Crippen molar-refractivity contribution in [2.75, 3.05) is 32.8 Å². The Morgan fingerprint density at radius 2 is 1.84 bits per heavy atom. The van der Waals surface area contributed by atoms with Gasteiger partial charge >= 0.3 is 0 Å². The average Bonchev–Trinajstić information content (AvgIpc) is 3.17. The van der Waals surface area contributed by atoms with Crippen LogP contribution in [0.25, 0.3) is 16.8 Å². The summed E-state index contributed by atoms with van der Waals surface area (Å²) in [5.74, 6) is 0. The summed E-state index contributed by atoms with van der Waals surface area (Å²) in [6.07, 6.45) is 15.4. The fraction of sp³-hybridized carbons (Fsp3) is 0.379. The maximum atomic E-state index is 5.51. The topological polar surface area (TPSA) is 12.5 Å². The van der Waals surface area contributed by atoms with Gasteiger partial charge in [-0.15, -0.1) is 0 Å². The number of fused-ring (bicyclic) bond motifs is 1. The number of hydrogen-bond acceptors (Lipinski definition) is 2. The van der Waals surface area contributed by atoms with Gasteiger partial charge in [0, 0.05) is 19.6 Å². The zero-order chi connectivity index (χ0) is 21.0. The van der Waals surface area contributed by atoms with Gasteiger partial charge in [-0.3, -0.25) is 4.90 Å². The van der Waals surface area contributed by atoms with Crippen LogP contribution < -0.4 is 0 Å². The Labute approximate surface area is 186 Å². The molecule has 1 aliphatic heterocycles. The predicted molar refractivity (Wildman–Crippen MR) is 131 cm³/mol. The van der Waals surface area contributed by atoms with Crippen LogP contribution >= 0.6 is 0 Å². The van der Waals surface area contributed by atoms with E-state index in [1.807, 2.05) is 0 Å². The molecule has 2 aromatic rings. The second kappa shape index (κ2) is 9.38. The molecule has 1 saturated heterocycles. The summed E-state index contributed by atoms with van der Waals surface area (Å²) in [6, 6.07) is 13.6. The van der Waals surface area contributed by atoms with Crippen LogP contribution in [0.4, 0.5) is 0 Å². The van der Waals surface area contributed by atoms with Crippen molar-refractivity contribution in [3.8, 4) is 0 Å². The molecule has 1 fully saturated rings. The quantitative estimate of drug-likeness (QED) is 0.539. The lowest BCUT2D eigenvalue weighted by Crippen LogP contribution is -2.36. The zero-order valence-corrected chi connectivity index (χ0v) is 18.7. The van der Waals surface area contributed by atoms with E-state index in [0.29, 0.717) is 0 Å². The Balaban J connectivity index is 1.47. The maximum Gasteiger partial charge on any atom is 0.0594 e. The van der Waals surface area contributed by atoms with Gasteiger partial charge in [0.05, 0.1) is 13.2 Å². The molecule has 2 aliphatic carbocycles. The molecule has 31 heavy (non-hydrogen) atoms. The summed E-state index contributed by atoms with van der Waals surface area (Å²) in [5.41, 5.74) is 8.77. The molecule has 3 aliphatic rings. The van der Waals surface area contributed by atoms with Crippen molar-refractivity contribution in [1.29, 1.82) is 0 Å². The van der Waals surface area contributed by atoms with Crippen molar-refractivity contribution in [2.45, 2.75) is 39.0 Å². The molecule has 2 aromatic carbocycles. The number of hydrogen-bond donors (Lipinski definition) is 0. The second-order valence-electron chi connectivity index (χ2n) is 8.92. The van der Waals surface area contributed by atoms with Crippen molar-refractivity contribution < 1.29 is 4.74 Å². The summed E-state index contributed by atoms with van der Waals surface area (Å²) in [4.78, 5) is 2.54. The molecule has 0 atom stereocenters. The molecule has 160 valence electrons. The third kappa shape index (κ3) is 4.33. The Hall–Kier alpha value is -2.42. The molecule has 0 radical (unpaired) electrons. The molecule has 0 aromatic heterocycles. The Bertz CT molecular complexity index is 1080. The molecular weight excluding hydrogens is 378 g/mol. The first kappa shape index (κ1) is 20.5. The Morgan fingerprint density at radius 1 is 1.00 bits per heavy atom. The number of ether oxygens (including phenoxy) is 1. The monoisotopic (exact) mass is 411 g/mol. The highest BCUT2D eigenvalue weighted by atomic mass is 16.5. The summed E-state index contributed by atoms with van der Waals surface area (Å²) in [7, 11) is 0. The highest BCUT2D eigenvalue weighted by molar-refractivity contribution is 5.94. The molecule has 0 bridgehead atoms. The van der Waals surface area contributed by atoms with E-state index in [9.17, 15) is 0 Å². The van der Waals surface area contributed by atoms with Gasteiger partial charge < -0.3 is 4.74 Å². The predicted octanol–water partition coefficient (Wildman–Crippen LogP) is 6.48. The molecule has 0 saturated carbocycles. The van der Waals surface area contributed by atoms with Gasteiger partial charge in [-0.2, -0.15) is 0 Å². The van der Waals surface area contributed by atoms with Crippen LogP contribution in [0.2, 0.25) is 0 Å². The Morgan fingerprint density at radius 3 is 2.68 bits per heavy atom. The smallest absolute Gasteiger partial charge is 0.0594 e. The lowest BCUT2D eigenvalue weighted by molar-refractivity contribution is 0.0385. The van der Waals surface area contributed by atoms with E-state index in [1.54, 1.807) is 5.57 Å². The molecule has 0 unspecified atom stereocenters. The molecule has 0 amide bonds. The maximum absolute atomic E-state index is 5.51. The average molecular weight is 412 g/mol. The van der Waals surface area contributed by atoms with E-state index >= 15 is 0 Å². The van der Waals surface area contributed by atoms with Crippen LogP contribution in [-0.2, 0) is 11.2 Å². The lowest BCUT2D eigenvalue weighted by atomic mass is 9.92. The van der Waals surface area contributed by atoms with Crippen molar-refractivity contribution in [3.05, 3.63) is 88.0 Å². The molecule has 5 rings (SSSR count). The van der Waals surface area contributed by atoms with Crippen molar-refractivity contribution in [1.82, 2.24) is 4.90 Å². The SMILES string of the molecule is CCCc1ccc(/C=C2\C=C(CCN3CCOCC3)C3=C2CCC=C3)c2ccccc12. The highest BCUT2D eigenvalue weighted by Crippen LogP contribution is 2.40. The largest absolute Gasteiger partial charge is 0.379 e. The third-order valence-electron chi connectivity index (χ3n) is 6.87. The van der Waals surface area contributed by atoms with Gasteiger partial charge in [-0.1, -0.05) is 68.0 Å². The van der Waals surface area contributed by atoms with Crippen LogP contribution in [0.5, 0.6) is 0 Å². The number of allylic oxidation sites excluding steroid dienone is 6. The summed E-state index contributed by atoms with van der Waals surface area (Å²) in [5, 5.41) is 2.79. The first-order chi connectivity index (χ1) is 15.3. The zero-order valence-electron chi connectivity index (χ0n) is 18.7. The number of morpholine rings is 1. The van der Waals surface area contributed by atoms with Crippen LogP contribution in [0.15, 0.2) is 76.9 Å². The van der Waals surface area contributed by atoms with Crippen molar-refractivity contribution in [3.63, 3.8) is 0 Å². The van der Waals surface area contributed by atoms with Crippen LogP contribution in [0.1, 0.15) is 43.7 Å². The molecule has 2 heteroatoms. The lowest BCUT2D eigenvalue weighted by Gasteiger charge is -2.26. The van der Waals surface area contributed by atoms with E-state index in [4.69, 9.17) is 4.74 Å².